The largest absolute Gasteiger partial charge is 0.444 e. The van der Waals surface area contributed by atoms with Crippen molar-refractivity contribution < 1.29 is 14.3 Å². The zero-order valence-electron chi connectivity index (χ0n) is 16.5. The van der Waals surface area contributed by atoms with Crippen LogP contribution in [0.1, 0.15) is 56.4 Å². The molecule has 0 atom stereocenters. The van der Waals surface area contributed by atoms with E-state index in [1.165, 1.54) is 0 Å². The second kappa shape index (κ2) is 8.53. The highest BCUT2D eigenvalue weighted by atomic mass is 16.6. The van der Waals surface area contributed by atoms with E-state index in [4.69, 9.17) is 4.74 Å². The number of H-pyrrole nitrogens is 1. The van der Waals surface area contributed by atoms with Crippen LogP contribution in [0.3, 0.4) is 0 Å². The first-order valence-electron chi connectivity index (χ1n) is 9.29. The van der Waals surface area contributed by atoms with Crippen LogP contribution in [-0.4, -0.2) is 70.3 Å². The molecule has 8 nitrogen and oxygen atoms in total. The van der Waals surface area contributed by atoms with Crippen molar-refractivity contribution in [2.45, 2.75) is 53.2 Å². The Labute approximate surface area is 155 Å². The molecule has 26 heavy (non-hydrogen) atoms. The Hall–Kier alpha value is -2.09. The Kier molecular flexibility index (Phi) is 6.63. The van der Waals surface area contributed by atoms with Crippen LogP contribution in [0.2, 0.25) is 0 Å². The van der Waals surface area contributed by atoms with Crippen molar-refractivity contribution in [3.05, 3.63) is 17.0 Å². The van der Waals surface area contributed by atoms with Gasteiger partial charge < -0.3 is 19.9 Å². The summed E-state index contributed by atoms with van der Waals surface area (Å²) in [5, 5.41) is 10.0. The van der Waals surface area contributed by atoms with Crippen LogP contribution >= 0.6 is 0 Å². The van der Waals surface area contributed by atoms with Crippen molar-refractivity contribution in [1.29, 1.82) is 0 Å². The Morgan fingerprint density at radius 2 is 2.00 bits per heavy atom. The van der Waals surface area contributed by atoms with Gasteiger partial charge in [0.05, 0.1) is 6.54 Å². The van der Waals surface area contributed by atoms with E-state index in [1.54, 1.807) is 4.90 Å². The van der Waals surface area contributed by atoms with E-state index in [0.29, 0.717) is 31.7 Å². The molecule has 1 aromatic rings. The van der Waals surface area contributed by atoms with Crippen molar-refractivity contribution in [3.63, 3.8) is 0 Å². The van der Waals surface area contributed by atoms with Crippen molar-refractivity contribution >= 4 is 12.0 Å². The molecule has 0 aliphatic carbocycles. The van der Waals surface area contributed by atoms with Crippen molar-refractivity contribution in [2.75, 3.05) is 32.7 Å². The Morgan fingerprint density at radius 1 is 1.31 bits per heavy atom. The van der Waals surface area contributed by atoms with E-state index in [1.807, 2.05) is 20.8 Å². The van der Waals surface area contributed by atoms with Crippen LogP contribution in [0.15, 0.2) is 0 Å². The lowest BCUT2D eigenvalue weighted by atomic mass is 10.1. The number of carbonyl (C=O) groups is 2. The van der Waals surface area contributed by atoms with Crippen molar-refractivity contribution in [2.24, 2.45) is 0 Å². The number of ether oxygens (including phenoxy) is 1. The quantitative estimate of drug-likeness (QED) is 0.802. The minimum absolute atomic E-state index is 0.208. The predicted octanol–water partition coefficient (Wildman–Crippen LogP) is 1.77. The number of hydrogen-bond donors (Lipinski definition) is 2. The minimum Gasteiger partial charge on any atom is -0.444 e. The average molecular weight is 365 g/mol. The molecule has 0 saturated carbocycles. The van der Waals surface area contributed by atoms with Crippen molar-refractivity contribution in [1.82, 2.24) is 25.3 Å². The molecule has 2 rings (SSSR count). The molecule has 2 heterocycles. The van der Waals surface area contributed by atoms with Crippen LogP contribution in [0.4, 0.5) is 4.79 Å². The van der Waals surface area contributed by atoms with E-state index in [2.05, 4.69) is 34.3 Å². The van der Waals surface area contributed by atoms with Gasteiger partial charge in [0.25, 0.3) is 5.91 Å². The zero-order chi connectivity index (χ0) is 19.3. The lowest BCUT2D eigenvalue weighted by molar-refractivity contribution is 0.0222. The fourth-order valence-corrected chi connectivity index (χ4v) is 2.92. The topological polar surface area (TPSA) is 90.6 Å². The molecule has 0 bridgehead atoms. The molecule has 1 aliphatic rings. The third kappa shape index (κ3) is 5.20. The summed E-state index contributed by atoms with van der Waals surface area (Å²) in [4.78, 5) is 28.7. The fraction of sp³-hybridized carbons (Fsp3) is 0.722. The summed E-state index contributed by atoms with van der Waals surface area (Å²) in [6.45, 7) is 13.9. The lowest BCUT2D eigenvalue weighted by Gasteiger charge is -2.30. The summed E-state index contributed by atoms with van der Waals surface area (Å²) >= 11 is 0. The molecular formula is C18H31N5O3. The van der Waals surface area contributed by atoms with Gasteiger partial charge in [-0.05, 0) is 33.9 Å². The predicted molar refractivity (Wildman–Crippen MR) is 99.1 cm³/mol. The van der Waals surface area contributed by atoms with Gasteiger partial charge in [0.2, 0.25) is 0 Å². The number of fused-ring (bicyclic) bond motifs is 1. The second-order valence-electron chi connectivity index (χ2n) is 7.46. The van der Waals surface area contributed by atoms with Gasteiger partial charge >= 0.3 is 6.09 Å². The second-order valence-corrected chi connectivity index (χ2v) is 7.46. The molecule has 0 fully saturated rings. The maximum Gasteiger partial charge on any atom is 0.410 e. The number of hydrogen-bond acceptors (Lipinski definition) is 5. The molecule has 0 unspecified atom stereocenters. The number of likely N-dealkylation sites (N-methyl/N-ethyl adjacent to an activating group) is 1. The standard InChI is InChI=1S/C18H31N5O3/c1-6-22(7-2)11-9-19-16(24)15-13-12-23(10-8-14(13)20-21-15)17(25)26-18(3,4)5/h6-12H2,1-5H3,(H,19,24)(H,20,21). The molecule has 0 saturated heterocycles. The third-order valence-electron chi connectivity index (χ3n) is 4.41. The van der Waals surface area contributed by atoms with E-state index in [-0.39, 0.29) is 12.0 Å². The van der Waals surface area contributed by atoms with Crippen LogP contribution in [0, 0.1) is 0 Å². The molecule has 8 heteroatoms. The number of aromatic amines is 1. The van der Waals surface area contributed by atoms with E-state index < -0.39 is 5.60 Å². The van der Waals surface area contributed by atoms with Crippen molar-refractivity contribution in [3.8, 4) is 0 Å². The summed E-state index contributed by atoms with van der Waals surface area (Å²) in [7, 11) is 0. The van der Waals surface area contributed by atoms with E-state index in [9.17, 15) is 9.59 Å². The van der Waals surface area contributed by atoms with Crippen LogP contribution in [0.5, 0.6) is 0 Å². The normalized spacial score (nSPS) is 14.3. The summed E-state index contributed by atoms with van der Waals surface area (Å²) in [5.41, 5.74) is 1.52. The number of nitrogens with one attached hydrogen (secondary N) is 2. The minimum atomic E-state index is -0.543. The zero-order valence-corrected chi connectivity index (χ0v) is 16.5. The number of aromatic nitrogens is 2. The number of rotatable bonds is 6. The highest BCUT2D eigenvalue weighted by Gasteiger charge is 2.30. The van der Waals surface area contributed by atoms with Crippen LogP contribution in [0.25, 0.3) is 0 Å². The van der Waals surface area contributed by atoms with Gasteiger partial charge in [-0.15, -0.1) is 0 Å². The smallest absolute Gasteiger partial charge is 0.410 e. The summed E-state index contributed by atoms with van der Waals surface area (Å²) < 4.78 is 5.44. The first kappa shape index (κ1) is 20.2. The van der Waals surface area contributed by atoms with Gasteiger partial charge in [0, 0.05) is 37.3 Å². The third-order valence-corrected chi connectivity index (χ3v) is 4.41. The molecule has 146 valence electrons. The first-order valence-corrected chi connectivity index (χ1v) is 9.29. The molecule has 1 aromatic heterocycles. The summed E-state index contributed by atoms with van der Waals surface area (Å²) in [6, 6.07) is 0. The molecule has 0 radical (unpaired) electrons. The Balaban J connectivity index is 1.99. The van der Waals surface area contributed by atoms with Gasteiger partial charge in [-0.3, -0.25) is 9.89 Å². The highest BCUT2D eigenvalue weighted by molar-refractivity contribution is 5.94. The van der Waals surface area contributed by atoms with Gasteiger partial charge in [0.15, 0.2) is 5.69 Å². The molecular weight excluding hydrogens is 334 g/mol. The molecule has 0 spiro atoms. The van der Waals surface area contributed by atoms with Crippen LogP contribution < -0.4 is 5.32 Å². The maximum absolute atomic E-state index is 12.5. The van der Waals surface area contributed by atoms with Gasteiger partial charge in [-0.25, -0.2) is 4.79 Å². The Bertz CT molecular complexity index is 631. The summed E-state index contributed by atoms with van der Waals surface area (Å²) in [5.74, 6) is -0.208. The van der Waals surface area contributed by atoms with E-state index >= 15 is 0 Å². The number of nitrogens with zero attached hydrogens (tertiary/aromatic N) is 3. The molecule has 2 N–H and O–H groups in total. The van der Waals surface area contributed by atoms with Gasteiger partial charge in [-0.2, -0.15) is 5.10 Å². The SMILES string of the molecule is CCN(CC)CCNC(=O)c1n[nH]c2c1CN(C(=O)OC(C)(C)C)CC2. The Morgan fingerprint density at radius 3 is 2.62 bits per heavy atom. The van der Waals surface area contributed by atoms with Gasteiger partial charge in [0.1, 0.15) is 5.60 Å². The fourth-order valence-electron chi connectivity index (χ4n) is 2.92. The van der Waals surface area contributed by atoms with E-state index in [0.717, 1.165) is 30.9 Å². The summed E-state index contributed by atoms with van der Waals surface area (Å²) in [6.07, 6.45) is 0.270. The van der Waals surface area contributed by atoms with Crippen LogP contribution in [-0.2, 0) is 17.7 Å². The maximum atomic E-state index is 12.5. The monoisotopic (exact) mass is 365 g/mol. The van der Waals surface area contributed by atoms with Gasteiger partial charge in [-0.1, -0.05) is 13.8 Å². The number of carbonyl (C=O) groups excluding carboxylic acids is 2. The lowest BCUT2D eigenvalue weighted by Crippen LogP contribution is -2.40. The highest BCUT2D eigenvalue weighted by Crippen LogP contribution is 2.22. The first-order chi connectivity index (χ1) is 12.2. The molecule has 0 aromatic carbocycles. The average Bonchev–Trinajstić information content (AvgIpc) is 3.00. The molecule has 1 aliphatic heterocycles. The number of amides is 2. The molecule has 2 amide bonds.